The predicted octanol–water partition coefficient (Wildman–Crippen LogP) is 3.22. The Hall–Kier alpha value is -2.89. The number of benzene rings is 2. The minimum Gasteiger partial charge on any atom is -0.355 e. The largest absolute Gasteiger partial charge is 0.355 e. The topological polar surface area (TPSA) is 130 Å². The first kappa shape index (κ1) is 27.4. The van der Waals surface area contributed by atoms with Crippen LogP contribution in [0.5, 0.6) is 0 Å². The number of hydrogen-bond donors (Lipinski definition) is 1. The van der Waals surface area contributed by atoms with Crippen LogP contribution in [0.3, 0.4) is 0 Å². The van der Waals surface area contributed by atoms with E-state index in [2.05, 4.69) is 5.32 Å². The number of nitro groups is 1. The number of hydrogen-bond acceptors (Lipinski definition) is 6. The van der Waals surface area contributed by atoms with Crippen LogP contribution in [-0.4, -0.2) is 55.4 Å². The van der Waals surface area contributed by atoms with Crippen molar-refractivity contribution in [3.05, 3.63) is 68.2 Å². The van der Waals surface area contributed by atoms with Crippen LogP contribution in [0.1, 0.15) is 19.4 Å². The fraction of sp³-hybridized carbons (Fsp3) is 0.333. The second-order valence-electron chi connectivity index (χ2n) is 7.37. The van der Waals surface area contributed by atoms with Crippen LogP contribution in [-0.2, 0) is 26.2 Å². The Balaban J connectivity index is 2.45. The van der Waals surface area contributed by atoms with Crippen molar-refractivity contribution >= 4 is 56.4 Å². The minimum absolute atomic E-state index is 0.0554. The fourth-order valence-electron chi connectivity index (χ4n) is 3.11. The molecule has 0 unspecified atom stereocenters. The van der Waals surface area contributed by atoms with Gasteiger partial charge in [-0.25, -0.2) is 8.42 Å². The number of carbonyl (C=O) groups is 2. The molecule has 0 aliphatic heterocycles. The predicted molar refractivity (Wildman–Crippen MR) is 130 cm³/mol. The summed E-state index contributed by atoms with van der Waals surface area (Å²) in [6.45, 7) is 2.77. The van der Waals surface area contributed by atoms with Gasteiger partial charge >= 0.3 is 0 Å². The van der Waals surface area contributed by atoms with Crippen molar-refractivity contribution in [2.75, 3.05) is 23.7 Å². The number of halogens is 2. The average molecular weight is 531 g/mol. The Kier molecular flexibility index (Phi) is 9.25. The van der Waals surface area contributed by atoms with Crippen LogP contribution >= 0.6 is 23.2 Å². The van der Waals surface area contributed by atoms with Gasteiger partial charge in [0.05, 0.1) is 16.9 Å². The molecule has 0 spiro atoms. The highest BCUT2D eigenvalue weighted by molar-refractivity contribution is 7.92. The van der Waals surface area contributed by atoms with Crippen molar-refractivity contribution < 1.29 is 22.9 Å². The van der Waals surface area contributed by atoms with Gasteiger partial charge in [0.15, 0.2) is 0 Å². The maximum Gasteiger partial charge on any atom is 0.271 e. The first-order valence-corrected chi connectivity index (χ1v) is 12.7. The molecule has 0 fully saturated rings. The van der Waals surface area contributed by atoms with E-state index in [9.17, 15) is 28.1 Å². The maximum atomic E-state index is 13.4. The molecule has 1 N–H and O–H groups in total. The van der Waals surface area contributed by atoms with E-state index in [-0.39, 0.29) is 22.9 Å². The zero-order chi connectivity index (χ0) is 25.6. The van der Waals surface area contributed by atoms with Gasteiger partial charge in [-0.05, 0) is 37.6 Å². The van der Waals surface area contributed by atoms with Gasteiger partial charge in [0.1, 0.15) is 12.6 Å². The summed E-state index contributed by atoms with van der Waals surface area (Å²) in [5.74, 6) is -1.15. The summed E-state index contributed by atoms with van der Waals surface area (Å²) in [5.41, 5.74) is 0.108. The molecule has 1 atom stereocenters. The molecule has 0 aliphatic carbocycles. The van der Waals surface area contributed by atoms with Gasteiger partial charge < -0.3 is 10.2 Å². The molecule has 0 heterocycles. The van der Waals surface area contributed by atoms with E-state index in [0.29, 0.717) is 17.1 Å². The molecule has 0 aliphatic rings. The lowest BCUT2D eigenvalue weighted by molar-refractivity contribution is -0.384. The van der Waals surface area contributed by atoms with Gasteiger partial charge in [0, 0.05) is 35.3 Å². The van der Waals surface area contributed by atoms with E-state index in [1.807, 2.05) is 0 Å². The van der Waals surface area contributed by atoms with Crippen LogP contribution in [0.15, 0.2) is 42.5 Å². The number of anilines is 1. The summed E-state index contributed by atoms with van der Waals surface area (Å²) in [5, 5.41) is 14.4. The van der Waals surface area contributed by atoms with Crippen LogP contribution in [0, 0.1) is 10.1 Å². The van der Waals surface area contributed by atoms with Crippen molar-refractivity contribution in [3.8, 4) is 0 Å². The molecule has 0 saturated heterocycles. The van der Waals surface area contributed by atoms with Crippen molar-refractivity contribution in [1.82, 2.24) is 10.2 Å². The van der Waals surface area contributed by atoms with Crippen molar-refractivity contribution in [1.29, 1.82) is 0 Å². The number of rotatable bonds is 10. The number of carbonyl (C=O) groups excluding carboxylic acids is 2. The second kappa shape index (κ2) is 11.5. The van der Waals surface area contributed by atoms with Crippen molar-refractivity contribution in [3.63, 3.8) is 0 Å². The molecular weight excluding hydrogens is 507 g/mol. The third kappa shape index (κ3) is 7.05. The standard InChI is InChI=1S/C21H24Cl2N4O6S/c1-4-24-21(29)14(2)25(12-15-8-9-16(22)10-19(15)23)20(28)13-26(34(3,32)33)17-6-5-7-18(11-17)27(30)31/h5-11,14H,4,12-13H2,1-3H3,(H,24,29)/t14-/m1/s1. The zero-order valence-electron chi connectivity index (χ0n) is 18.7. The number of non-ortho nitro benzene ring substituents is 1. The number of nitro benzene ring substituents is 1. The van der Waals surface area contributed by atoms with Gasteiger partial charge in [-0.2, -0.15) is 0 Å². The molecule has 2 aromatic carbocycles. The van der Waals surface area contributed by atoms with Gasteiger partial charge in [-0.1, -0.05) is 35.3 Å². The molecule has 10 nitrogen and oxygen atoms in total. The summed E-state index contributed by atoms with van der Waals surface area (Å²) < 4.78 is 25.7. The average Bonchev–Trinajstić information content (AvgIpc) is 2.75. The van der Waals surface area contributed by atoms with Gasteiger partial charge in [0.2, 0.25) is 21.8 Å². The van der Waals surface area contributed by atoms with Crippen molar-refractivity contribution in [2.45, 2.75) is 26.4 Å². The lowest BCUT2D eigenvalue weighted by Crippen LogP contribution is -2.51. The lowest BCUT2D eigenvalue weighted by Gasteiger charge is -2.31. The molecule has 34 heavy (non-hydrogen) atoms. The number of sulfonamides is 1. The maximum absolute atomic E-state index is 13.4. The monoisotopic (exact) mass is 530 g/mol. The molecule has 13 heteroatoms. The highest BCUT2D eigenvalue weighted by Crippen LogP contribution is 2.25. The highest BCUT2D eigenvalue weighted by atomic mass is 35.5. The van der Waals surface area contributed by atoms with E-state index >= 15 is 0 Å². The summed E-state index contributed by atoms with van der Waals surface area (Å²) in [6.07, 6.45) is 0.882. The van der Waals surface area contributed by atoms with E-state index < -0.39 is 39.3 Å². The van der Waals surface area contributed by atoms with Gasteiger partial charge in [0.25, 0.3) is 5.69 Å². The summed E-state index contributed by atoms with van der Waals surface area (Å²) in [6, 6.07) is 8.63. The van der Waals surface area contributed by atoms with Gasteiger partial charge in [-0.3, -0.25) is 24.0 Å². The van der Waals surface area contributed by atoms with Crippen LogP contribution < -0.4 is 9.62 Å². The molecule has 2 rings (SSSR count). The van der Waals surface area contributed by atoms with E-state index in [0.717, 1.165) is 16.6 Å². The molecule has 0 bridgehead atoms. The number of nitrogens with one attached hydrogen (secondary N) is 1. The molecule has 2 aromatic rings. The normalized spacial score (nSPS) is 12.0. The van der Waals surface area contributed by atoms with Gasteiger partial charge in [-0.15, -0.1) is 0 Å². The molecule has 0 saturated carbocycles. The van der Waals surface area contributed by atoms with E-state index in [1.54, 1.807) is 19.1 Å². The Morgan fingerprint density at radius 1 is 1.18 bits per heavy atom. The smallest absolute Gasteiger partial charge is 0.271 e. The fourth-order valence-corrected chi connectivity index (χ4v) is 4.42. The van der Waals surface area contributed by atoms with Crippen molar-refractivity contribution in [2.24, 2.45) is 0 Å². The Bertz CT molecular complexity index is 1190. The number of likely N-dealkylation sites (N-methyl/N-ethyl adjacent to an activating group) is 1. The van der Waals surface area contributed by atoms with Crippen LogP contribution in [0.2, 0.25) is 10.0 Å². The second-order valence-corrected chi connectivity index (χ2v) is 10.1. The quantitative estimate of drug-likeness (QED) is 0.370. The molecule has 0 aromatic heterocycles. The molecule has 2 amide bonds. The SMILES string of the molecule is CCNC(=O)[C@@H](C)N(Cc1ccc(Cl)cc1Cl)C(=O)CN(c1cccc([N+](=O)[O-])c1)S(C)(=O)=O. The third-order valence-corrected chi connectivity index (χ3v) is 6.61. The third-order valence-electron chi connectivity index (χ3n) is 4.88. The first-order valence-electron chi connectivity index (χ1n) is 10.1. The minimum atomic E-state index is -4.01. The molecule has 0 radical (unpaired) electrons. The Morgan fingerprint density at radius 2 is 1.85 bits per heavy atom. The molecule has 184 valence electrons. The van der Waals surface area contributed by atoms with E-state index in [4.69, 9.17) is 23.2 Å². The Labute approximate surface area is 207 Å². The molecular formula is C21H24Cl2N4O6S. The Morgan fingerprint density at radius 3 is 2.41 bits per heavy atom. The lowest BCUT2D eigenvalue weighted by atomic mass is 10.1. The van der Waals surface area contributed by atoms with Crippen LogP contribution in [0.4, 0.5) is 11.4 Å². The highest BCUT2D eigenvalue weighted by Gasteiger charge is 2.30. The summed E-state index contributed by atoms with van der Waals surface area (Å²) in [4.78, 5) is 37.5. The number of amides is 2. The first-order chi connectivity index (χ1) is 15.8. The number of nitrogens with zero attached hydrogens (tertiary/aromatic N) is 3. The van der Waals surface area contributed by atoms with Crippen LogP contribution in [0.25, 0.3) is 0 Å². The zero-order valence-corrected chi connectivity index (χ0v) is 21.0. The summed E-state index contributed by atoms with van der Waals surface area (Å²) in [7, 11) is -4.01. The van der Waals surface area contributed by atoms with E-state index in [1.165, 1.54) is 36.1 Å². The summed E-state index contributed by atoms with van der Waals surface area (Å²) >= 11 is 12.2.